The average molecular weight is 316 g/mol. The van der Waals surface area contributed by atoms with Crippen LogP contribution in [0.2, 0.25) is 0 Å². The third kappa shape index (κ3) is 3.60. The lowest BCUT2D eigenvalue weighted by atomic mass is 9.97. The highest BCUT2D eigenvalue weighted by Gasteiger charge is 2.25. The molecular weight excluding hydrogens is 296 g/mol. The van der Waals surface area contributed by atoms with E-state index in [1.165, 1.54) is 0 Å². The summed E-state index contributed by atoms with van der Waals surface area (Å²) in [6, 6.07) is 3.83. The number of allylic oxidation sites excluding steroid dienone is 2. The molecule has 0 aromatic carbocycles. The van der Waals surface area contributed by atoms with Crippen LogP contribution in [-0.2, 0) is 20.9 Å². The van der Waals surface area contributed by atoms with Gasteiger partial charge < -0.3 is 24.3 Å². The number of pyridine rings is 1. The quantitative estimate of drug-likeness (QED) is 0.819. The van der Waals surface area contributed by atoms with Crippen molar-refractivity contribution in [3.63, 3.8) is 0 Å². The van der Waals surface area contributed by atoms with Crippen LogP contribution in [-0.4, -0.2) is 48.8 Å². The maximum Gasteiger partial charge on any atom is 0.135 e. The van der Waals surface area contributed by atoms with E-state index >= 15 is 0 Å². The zero-order valence-corrected chi connectivity index (χ0v) is 12.8. The second kappa shape index (κ2) is 7.39. The summed E-state index contributed by atoms with van der Waals surface area (Å²) in [7, 11) is 0. The molecule has 6 heteroatoms. The molecule has 2 aliphatic rings. The Morgan fingerprint density at radius 1 is 1.43 bits per heavy atom. The highest BCUT2D eigenvalue weighted by atomic mass is 16.5. The zero-order chi connectivity index (χ0) is 16.1. The van der Waals surface area contributed by atoms with E-state index in [1.807, 2.05) is 12.1 Å². The molecule has 0 amide bonds. The largest absolute Gasteiger partial charge is 0.492 e. The summed E-state index contributed by atoms with van der Waals surface area (Å²) in [4.78, 5) is 17.8. The van der Waals surface area contributed by atoms with Crippen LogP contribution in [0.15, 0.2) is 42.3 Å². The summed E-state index contributed by atoms with van der Waals surface area (Å²) in [5.41, 5.74) is 0.948. The molecule has 1 saturated heterocycles. The van der Waals surface area contributed by atoms with Gasteiger partial charge in [-0.3, -0.25) is 0 Å². The van der Waals surface area contributed by atoms with Crippen LogP contribution in [0.1, 0.15) is 5.56 Å². The van der Waals surface area contributed by atoms with Crippen molar-refractivity contribution in [2.75, 3.05) is 31.2 Å². The summed E-state index contributed by atoms with van der Waals surface area (Å²) in [5, 5.41) is 9.82. The van der Waals surface area contributed by atoms with E-state index in [0.717, 1.165) is 24.5 Å². The number of hydrogen-bond donors (Lipinski definition) is 1. The predicted octanol–water partition coefficient (Wildman–Crippen LogP) is 1.06. The van der Waals surface area contributed by atoms with Gasteiger partial charge in [0.25, 0.3) is 0 Å². The van der Waals surface area contributed by atoms with Crippen LogP contribution in [0.4, 0.5) is 5.82 Å². The van der Waals surface area contributed by atoms with Crippen LogP contribution in [0.25, 0.3) is 0 Å². The van der Waals surface area contributed by atoms with Gasteiger partial charge in [-0.1, -0.05) is 18.2 Å². The number of carbonyl (C=O) groups excluding carboxylic acids is 1. The first kappa shape index (κ1) is 15.7. The van der Waals surface area contributed by atoms with Gasteiger partial charge in [0.2, 0.25) is 0 Å². The molecular formula is C17H20N2O4. The fourth-order valence-corrected chi connectivity index (χ4v) is 2.72. The first-order valence-electron chi connectivity index (χ1n) is 7.70. The van der Waals surface area contributed by atoms with E-state index in [9.17, 15) is 9.90 Å². The summed E-state index contributed by atoms with van der Waals surface area (Å²) in [5.74, 6) is 0.709. The molecule has 0 radical (unpaired) electrons. The molecule has 2 heterocycles. The second-order valence-corrected chi connectivity index (χ2v) is 5.48. The number of aromatic nitrogens is 1. The van der Waals surface area contributed by atoms with Crippen molar-refractivity contribution in [1.82, 2.24) is 4.98 Å². The van der Waals surface area contributed by atoms with Crippen LogP contribution < -0.4 is 4.90 Å². The molecule has 23 heavy (non-hydrogen) atoms. The predicted molar refractivity (Wildman–Crippen MR) is 84.8 cm³/mol. The van der Waals surface area contributed by atoms with Gasteiger partial charge in [-0.2, -0.15) is 0 Å². The fourth-order valence-electron chi connectivity index (χ4n) is 2.72. The molecule has 1 aromatic rings. The highest BCUT2D eigenvalue weighted by Crippen LogP contribution is 2.24. The maximum absolute atomic E-state index is 11.2. The molecule has 0 spiro atoms. The summed E-state index contributed by atoms with van der Waals surface area (Å²) >= 11 is 0. The van der Waals surface area contributed by atoms with Gasteiger partial charge in [-0.25, -0.2) is 4.98 Å². The molecule has 2 unspecified atom stereocenters. The number of anilines is 1. The Kier molecular flexibility index (Phi) is 5.05. The van der Waals surface area contributed by atoms with Crippen molar-refractivity contribution in [2.24, 2.45) is 5.92 Å². The van der Waals surface area contributed by atoms with Gasteiger partial charge in [0.05, 0.1) is 19.3 Å². The normalized spacial score (nSPS) is 24.2. The van der Waals surface area contributed by atoms with Gasteiger partial charge in [-0.15, -0.1) is 0 Å². The molecule has 3 rings (SSSR count). The Balaban J connectivity index is 1.72. The lowest BCUT2D eigenvalue weighted by Crippen LogP contribution is -2.37. The van der Waals surface area contributed by atoms with Gasteiger partial charge in [0.1, 0.15) is 30.4 Å². The van der Waals surface area contributed by atoms with E-state index in [0.29, 0.717) is 31.9 Å². The van der Waals surface area contributed by atoms with E-state index in [1.54, 1.807) is 24.4 Å². The Labute approximate surface area is 135 Å². The van der Waals surface area contributed by atoms with Gasteiger partial charge in [0.15, 0.2) is 0 Å². The smallest absolute Gasteiger partial charge is 0.135 e. The average Bonchev–Trinajstić information content (AvgIpc) is 2.61. The molecule has 0 saturated carbocycles. The van der Waals surface area contributed by atoms with E-state index < -0.39 is 12.0 Å². The Morgan fingerprint density at radius 2 is 2.26 bits per heavy atom. The number of ether oxygens (including phenoxy) is 2. The minimum absolute atomic E-state index is 0.303. The fraction of sp³-hybridized carbons (Fsp3) is 0.412. The number of nitrogens with zero attached hydrogens (tertiary/aromatic N) is 2. The van der Waals surface area contributed by atoms with Crippen LogP contribution in [0.5, 0.6) is 0 Å². The molecule has 2 atom stereocenters. The number of morpholine rings is 1. The minimum atomic E-state index is -0.833. The molecule has 1 fully saturated rings. The highest BCUT2D eigenvalue weighted by molar-refractivity contribution is 5.61. The number of aliphatic hydroxyl groups excluding tert-OH is 1. The van der Waals surface area contributed by atoms with E-state index in [4.69, 9.17) is 9.47 Å². The monoisotopic (exact) mass is 316 g/mol. The van der Waals surface area contributed by atoms with Gasteiger partial charge in [0, 0.05) is 24.8 Å². The van der Waals surface area contributed by atoms with Crippen molar-refractivity contribution in [2.45, 2.75) is 12.7 Å². The first-order valence-corrected chi connectivity index (χ1v) is 7.70. The van der Waals surface area contributed by atoms with Crippen molar-refractivity contribution in [3.8, 4) is 0 Å². The van der Waals surface area contributed by atoms with E-state index in [2.05, 4.69) is 9.88 Å². The molecule has 6 nitrogen and oxygen atoms in total. The number of aldehydes is 1. The number of hydrogen-bond acceptors (Lipinski definition) is 6. The SMILES string of the molecule is O=CC1C(OCc2cccnc2N2CCOCC2)=CC=CC1O. The first-order chi connectivity index (χ1) is 11.3. The van der Waals surface area contributed by atoms with Gasteiger partial charge in [-0.05, 0) is 12.1 Å². The van der Waals surface area contributed by atoms with Crippen molar-refractivity contribution in [3.05, 3.63) is 47.9 Å². The Morgan fingerprint density at radius 3 is 3.04 bits per heavy atom. The third-order valence-electron chi connectivity index (χ3n) is 3.98. The summed E-state index contributed by atoms with van der Waals surface area (Å²) in [6.45, 7) is 3.27. The Hall–Kier alpha value is -2.18. The Bertz CT molecular complexity index is 608. The van der Waals surface area contributed by atoms with Crippen LogP contribution in [0.3, 0.4) is 0 Å². The number of rotatable bonds is 5. The van der Waals surface area contributed by atoms with Crippen LogP contribution in [0, 0.1) is 5.92 Å². The topological polar surface area (TPSA) is 71.9 Å². The number of aliphatic hydroxyl groups is 1. The van der Waals surface area contributed by atoms with Crippen molar-refractivity contribution in [1.29, 1.82) is 0 Å². The van der Waals surface area contributed by atoms with Crippen LogP contribution >= 0.6 is 0 Å². The standard InChI is InChI=1S/C17H20N2O4/c20-11-14-15(21)4-1-5-16(14)23-12-13-3-2-6-18-17(13)19-7-9-22-10-8-19/h1-6,11,14-15,21H,7-10,12H2. The second-order valence-electron chi connectivity index (χ2n) is 5.48. The van der Waals surface area contributed by atoms with E-state index in [-0.39, 0.29) is 0 Å². The zero-order valence-electron chi connectivity index (χ0n) is 12.8. The lowest BCUT2D eigenvalue weighted by molar-refractivity contribution is -0.113. The van der Waals surface area contributed by atoms with Crippen molar-refractivity contribution < 1.29 is 19.4 Å². The molecule has 1 aliphatic carbocycles. The lowest BCUT2D eigenvalue weighted by Gasteiger charge is -2.29. The molecule has 1 aliphatic heterocycles. The van der Waals surface area contributed by atoms with Crippen molar-refractivity contribution >= 4 is 12.1 Å². The molecule has 1 N–H and O–H groups in total. The minimum Gasteiger partial charge on any atom is -0.492 e. The number of carbonyl (C=O) groups is 1. The maximum atomic E-state index is 11.2. The third-order valence-corrected chi connectivity index (χ3v) is 3.98. The molecule has 1 aromatic heterocycles. The molecule has 0 bridgehead atoms. The molecule has 122 valence electrons. The van der Waals surface area contributed by atoms with Gasteiger partial charge >= 0.3 is 0 Å². The summed E-state index contributed by atoms with van der Waals surface area (Å²) < 4.78 is 11.2. The summed E-state index contributed by atoms with van der Waals surface area (Å²) in [6.07, 6.45) is 6.64.